The molecule has 0 aliphatic rings. The van der Waals surface area contributed by atoms with Gasteiger partial charge in [-0.1, -0.05) is 17.8 Å². The SMILES string of the molecule is C=CCn1c(SC(C)C(=O)Nc2ccc(F)cc2)nnc1C(C)Oc1ccc(OC)cc1. The van der Waals surface area contributed by atoms with Gasteiger partial charge in [0.05, 0.1) is 12.4 Å². The third kappa shape index (κ3) is 5.88. The number of nitrogens with one attached hydrogen (secondary N) is 1. The van der Waals surface area contributed by atoms with Crippen molar-refractivity contribution in [2.45, 2.75) is 36.9 Å². The van der Waals surface area contributed by atoms with E-state index in [-0.39, 0.29) is 17.8 Å². The first-order valence-corrected chi connectivity index (χ1v) is 10.9. The maximum absolute atomic E-state index is 13.1. The van der Waals surface area contributed by atoms with Crippen LogP contribution in [-0.2, 0) is 11.3 Å². The second-order valence-corrected chi connectivity index (χ2v) is 8.24. The Morgan fingerprint density at radius 2 is 1.81 bits per heavy atom. The Morgan fingerprint density at radius 3 is 2.44 bits per heavy atom. The van der Waals surface area contributed by atoms with Crippen molar-refractivity contribution in [1.82, 2.24) is 14.8 Å². The predicted molar refractivity (Wildman–Crippen MR) is 123 cm³/mol. The highest BCUT2D eigenvalue weighted by molar-refractivity contribution is 8.00. The molecule has 2 unspecified atom stereocenters. The summed E-state index contributed by atoms with van der Waals surface area (Å²) in [5.41, 5.74) is 0.526. The van der Waals surface area contributed by atoms with Gasteiger partial charge in [-0.05, 0) is 62.4 Å². The lowest BCUT2D eigenvalue weighted by atomic mass is 10.3. The second kappa shape index (κ2) is 10.8. The molecule has 2 atom stereocenters. The Labute approximate surface area is 190 Å². The van der Waals surface area contributed by atoms with E-state index >= 15 is 0 Å². The van der Waals surface area contributed by atoms with Crippen molar-refractivity contribution in [2.75, 3.05) is 12.4 Å². The van der Waals surface area contributed by atoms with E-state index in [4.69, 9.17) is 9.47 Å². The zero-order chi connectivity index (χ0) is 23.1. The van der Waals surface area contributed by atoms with Crippen molar-refractivity contribution in [3.8, 4) is 11.5 Å². The van der Waals surface area contributed by atoms with E-state index in [1.807, 2.05) is 35.8 Å². The van der Waals surface area contributed by atoms with Gasteiger partial charge in [0.25, 0.3) is 0 Å². The van der Waals surface area contributed by atoms with Gasteiger partial charge in [0.1, 0.15) is 17.3 Å². The molecule has 0 saturated heterocycles. The highest BCUT2D eigenvalue weighted by atomic mass is 32.2. The Hall–Kier alpha value is -3.33. The molecule has 168 valence electrons. The van der Waals surface area contributed by atoms with Gasteiger partial charge in [0.2, 0.25) is 5.91 Å². The molecular formula is C23H25FN4O3S. The van der Waals surface area contributed by atoms with Crippen LogP contribution in [0.4, 0.5) is 10.1 Å². The van der Waals surface area contributed by atoms with E-state index in [9.17, 15) is 9.18 Å². The monoisotopic (exact) mass is 456 g/mol. The van der Waals surface area contributed by atoms with Crippen LogP contribution in [0.15, 0.2) is 66.3 Å². The average molecular weight is 457 g/mol. The van der Waals surface area contributed by atoms with Gasteiger partial charge in [0.15, 0.2) is 17.1 Å². The summed E-state index contributed by atoms with van der Waals surface area (Å²) < 4.78 is 26.1. The summed E-state index contributed by atoms with van der Waals surface area (Å²) in [6.07, 6.45) is 1.36. The van der Waals surface area contributed by atoms with Gasteiger partial charge in [0, 0.05) is 12.2 Å². The van der Waals surface area contributed by atoms with Crippen molar-refractivity contribution >= 4 is 23.4 Å². The largest absolute Gasteiger partial charge is 0.497 e. The summed E-state index contributed by atoms with van der Waals surface area (Å²) in [4.78, 5) is 12.6. The van der Waals surface area contributed by atoms with E-state index < -0.39 is 5.25 Å². The third-order valence-corrected chi connectivity index (χ3v) is 5.64. The van der Waals surface area contributed by atoms with Gasteiger partial charge in [-0.3, -0.25) is 9.36 Å². The molecule has 2 aromatic carbocycles. The Bertz CT molecular complexity index is 1050. The van der Waals surface area contributed by atoms with Gasteiger partial charge in [-0.25, -0.2) is 4.39 Å². The molecule has 1 N–H and O–H groups in total. The van der Waals surface area contributed by atoms with Crippen molar-refractivity contribution in [1.29, 1.82) is 0 Å². The Morgan fingerprint density at radius 1 is 1.16 bits per heavy atom. The van der Waals surface area contributed by atoms with Crippen LogP contribution < -0.4 is 14.8 Å². The van der Waals surface area contributed by atoms with Gasteiger partial charge in [-0.2, -0.15) is 0 Å². The Balaban J connectivity index is 1.70. The molecular weight excluding hydrogens is 431 g/mol. The molecule has 0 bridgehead atoms. The number of anilines is 1. The fourth-order valence-corrected chi connectivity index (χ4v) is 3.75. The number of carbonyl (C=O) groups excluding carboxylic acids is 1. The molecule has 1 aromatic heterocycles. The lowest BCUT2D eigenvalue weighted by Gasteiger charge is -2.17. The maximum atomic E-state index is 13.1. The van der Waals surface area contributed by atoms with Gasteiger partial charge in [-0.15, -0.1) is 16.8 Å². The van der Waals surface area contributed by atoms with Crippen molar-refractivity contribution in [3.63, 3.8) is 0 Å². The number of aromatic nitrogens is 3. The number of halogens is 1. The maximum Gasteiger partial charge on any atom is 0.237 e. The van der Waals surface area contributed by atoms with Crippen LogP contribution in [0.25, 0.3) is 0 Å². The number of benzene rings is 2. The summed E-state index contributed by atoms with van der Waals surface area (Å²) in [5.74, 6) is 1.45. The Kier molecular flexibility index (Phi) is 7.88. The first-order chi connectivity index (χ1) is 15.4. The second-order valence-electron chi connectivity index (χ2n) is 6.93. The molecule has 0 radical (unpaired) electrons. The number of allylic oxidation sites excluding steroid dienone is 1. The quantitative estimate of drug-likeness (QED) is 0.346. The molecule has 0 fully saturated rings. The standard InChI is InChI=1S/C23H25FN4O3S/c1-5-14-28-21(15(2)31-20-12-10-19(30-4)11-13-20)26-27-23(28)32-16(3)22(29)25-18-8-6-17(24)7-9-18/h5-13,15-16H,1,14H2,2-4H3,(H,25,29). The zero-order valence-corrected chi connectivity index (χ0v) is 18.9. The number of carbonyl (C=O) groups is 1. The summed E-state index contributed by atoms with van der Waals surface area (Å²) in [7, 11) is 1.61. The first kappa shape index (κ1) is 23.3. The molecule has 0 aliphatic carbocycles. The molecule has 0 aliphatic heterocycles. The minimum Gasteiger partial charge on any atom is -0.497 e. The van der Waals surface area contributed by atoms with Crippen LogP contribution in [0.1, 0.15) is 25.8 Å². The third-order valence-electron chi connectivity index (χ3n) is 4.56. The number of rotatable bonds is 10. The molecule has 32 heavy (non-hydrogen) atoms. The molecule has 1 amide bonds. The van der Waals surface area contributed by atoms with Crippen molar-refractivity contribution in [3.05, 3.63) is 72.8 Å². The molecule has 0 saturated carbocycles. The number of thioether (sulfide) groups is 1. The number of nitrogens with zero attached hydrogens (tertiary/aromatic N) is 3. The smallest absolute Gasteiger partial charge is 0.237 e. The molecule has 3 aromatic rings. The number of methoxy groups -OCH3 is 1. The highest BCUT2D eigenvalue weighted by Crippen LogP contribution is 2.28. The van der Waals surface area contributed by atoms with Gasteiger partial charge >= 0.3 is 0 Å². The van der Waals surface area contributed by atoms with E-state index in [1.165, 1.54) is 36.0 Å². The van der Waals surface area contributed by atoms with Crippen LogP contribution in [0.3, 0.4) is 0 Å². The molecule has 0 spiro atoms. The van der Waals surface area contributed by atoms with Crippen LogP contribution >= 0.6 is 11.8 Å². The predicted octanol–water partition coefficient (Wildman–Crippen LogP) is 4.87. The van der Waals surface area contributed by atoms with Crippen molar-refractivity contribution < 1.29 is 18.7 Å². The lowest BCUT2D eigenvalue weighted by molar-refractivity contribution is -0.115. The van der Waals surface area contributed by atoms with Gasteiger partial charge < -0.3 is 14.8 Å². The molecule has 7 nitrogen and oxygen atoms in total. The fourth-order valence-electron chi connectivity index (χ4n) is 2.89. The van der Waals surface area contributed by atoms with Crippen LogP contribution in [0, 0.1) is 5.82 Å². The summed E-state index contributed by atoms with van der Waals surface area (Å²) >= 11 is 1.27. The summed E-state index contributed by atoms with van der Waals surface area (Å²) in [6, 6.07) is 12.9. The van der Waals surface area contributed by atoms with E-state index in [2.05, 4.69) is 22.1 Å². The van der Waals surface area contributed by atoms with Crippen LogP contribution in [0.5, 0.6) is 11.5 Å². The number of amides is 1. The van der Waals surface area contributed by atoms with E-state index in [1.54, 1.807) is 20.1 Å². The highest BCUT2D eigenvalue weighted by Gasteiger charge is 2.23. The van der Waals surface area contributed by atoms with E-state index in [0.717, 1.165) is 5.75 Å². The van der Waals surface area contributed by atoms with Crippen LogP contribution in [0.2, 0.25) is 0 Å². The number of ether oxygens (including phenoxy) is 2. The number of hydrogen-bond donors (Lipinski definition) is 1. The fraction of sp³-hybridized carbons (Fsp3) is 0.261. The normalized spacial score (nSPS) is 12.6. The lowest BCUT2D eigenvalue weighted by Crippen LogP contribution is -2.23. The summed E-state index contributed by atoms with van der Waals surface area (Å²) in [5, 5.41) is 11.4. The van der Waals surface area contributed by atoms with E-state index in [0.29, 0.717) is 29.0 Å². The zero-order valence-electron chi connectivity index (χ0n) is 18.1. The number of hydrogen-bond acceptors (Lipinski definition) is 6. The van der Waals surface area contributed by atoms with Crippen LogP contribution in [-0.4, -0.2) is 33.0 Å². The summed E-state index contributed by atoms with van der Waals surface area (Å²) in [6.45, 7) is 7.93. The molecule has 9 heteroatoms. The minimum atomic E-state index is -0.460. The topological polar surface area (TPSA) is 78.3 Å². The first-order valence-electron chi connectivity index (χ1n) is 9.99. The molecule has 1 heterocycles. The average Bonchev–Trinajstić information content (AvgIpc) is 3.18. The minimum absolute atomic E-state index is 0.223. The molecule has 3 rings (SSSR count). The van der Waals surface area contributed by atoms with Crippen molar-refractivity contribution in [2.24, 2.45) is 0 Å².